The van der Waals surface area contributed by atoms with Crippen LogP contribution >= 0.6 is 0 Å². The molecule has 0 aliphatic rings. The van der Waals surface area contributed by atoms with Crippen molar-refractivity contribution >= 4 is 17.6 Å². The van der Waals surface area contributed by atoms with Gasteiger partial charge in [0.05, 0.1) is 17.7 Å². The molecule has 7 nitrogen and oxygen atoms in total. The summed E-state index contributed by atoms with van der Waals surface area (Å²) in [6, 6.07) is 22.1. The third-order valence-electron chi connectivity index (χ3n) is 4.08. The van der Waals surface area contributed by atoms with Crippen LogP contribution in [0, 0.1) is 11.3 Å². The highest BCUT2D eigenvalue weighted by Gasteiger charge is 2.16. The first-order valence-corrected chi connectivity index (χ1v) is 8.90. The van der Waals surface area contributed by atoms with E-state index in [9.17, 15) is 4.79 Å². The van der Waals surface area contributed by atoms with Crippen LogP contribution in [0.25, 0.3) is 0 Å². The van der Waals surface area contributed by atoms with Gasteiger partial charge in [-0.25, -0.2) is 4.99 Å². The van der Waals surface area contributed by atoms with Crippen LogP contribution in [0.2, 0.25) is 0 Å². The number of carboxylic acid groups (broad SMARTS) is 1. The van der Waals surface area contributed by atoms with Crippen LogP contribution in [0.5, 0.6) is 0 Å². The summed E-state index contributed by atoms with van der Waals surface area (Å²) < 4.78 is 0. The first-order chi connectivity index (χ1) is 14.2. The number of aliphatic imine (C=N–C) groups is 1. The van der Waals surface area contributed by atoms with E-state index in [-0.39, 0.29) is 12.6 Å². The molecular weight excluding hydrogens is 366 g/mol. The molecule has 3 aromatic rings. The van der Waals surface area contributed by atoms with Gasteiger partial charge in [0.2, 0.25) is 0 Å². The Morgan fingerprint density at radius 3 is 2.41 bits per heavy atom. The molecule has 1 unspecified atom stereocenters. The molecular formula is C22H19N5O2. The van der Waals surface area contributed by atoms with E-state index in [1.54, 1.807) is 36.7 Å². The number of hydrogen-bond acceptors (Lipinski definition) is 4. The van der Waals surface area contributed by atoms with Crippen LogP contribution < -0.4 is 10.6 Å². The predicted octanol–water partition coefficient (Wildman–Crippen LogP) is 3.18. The molecule has 0 fully saturated rings. The smallest absolute Gasteiger partial charge is 0.325 e. The van der Waals surface area contributed by atoms with Crippen molar-refractivity contribution in [1.82, 2.24) is 10.3 Å². The normalized spacial score (nSPS) is 11.9. The Morgan fingerprint density at radius 1 is 1.07 bits per heavy atom. The number of rotatable bonds is 6. The number of nitrogens with zero attached hydrogens (tertiary/aromatic N) is 3. The maximum absolute atomic E-state index is 11.1. The fraction of sp³-hybridized carbons (Fsp3) is 0.0909. The highest BCUT2D eigenvalue weighted by Crippen LogP contribution is 2.21. The van der Waals surface area contributed by atoms with Gasteiger partial charge in [-0.05, 0) is 41.5 Å². The zero-order valence-electron chi connectivity index (χ0n) is 15.5. The average Bonchev–Trinajstić information content (AvgIpc) is 2.77. The lowest BCUT2D eigenvalue weighted by Crippen LogP contribution is -2.35. The molecule has 3 rings (SSSR count). The Labute approximate surface area is 168 Å². The number of guanidine groups is 1. The van der Waals surface area contributed by atoms with Crippen LogP contribution in [0.15, 0.2) is 84.1 Å². The highest BCUT2D eigenvalue weighted by molar-refractivity contribution is 5.95. The van der Waals surface area contributed by atoms with Gasteiger partial charge in [-0.2, -0.15) is 5.26 Å². The molecule has 0 aliphatic carbocycles. The van der Waals surface area contributed by atoms with Gasteiger partial charge in [-0.3, -0.25) is 9.78 Å². The van der Waals surface area contributed by atoms with E-state index in [2.05, 4.69) is 26.7 Å². The lowest BCUT2D eigenvalue weighted by atomic mass is 10.0. The van der Waals surface area contributed by atoms with E-state index in [0.29, 0.717) is 17.2 Å². The minimum atomic E-state index is -1.04. The standard InChI is InChI=1S/C22H19N5O2/c23-13-16-8-10-19(11-9-16)26-22(25-15-20(28)29)27-21(17-5-2-1-3-6-17)18-7-4-12-24-14-18/h1-12,14,21H,15H2,(H,28,29)(H2,25,26,27). The quantitative estimate of drug-likeness (QED) is 0.444. The van der Waals surface area contributed by atoms with Crippen molar-refractivity contribution in [1.29, 1.82) is 5.26 Å². The van der Waals surface area contributed by atoms with Crippen LogP contribution in [-0.4, -0.2) is 28.6 Å². The Morgan fingerprint density at radius 2 is 1.79 bits per heavy atom. The third kappa shape index (κ3) is 5.65. The van der Waals surface area contributed by atoms with Crippen LogP contribution in [0.4, 0.5) is 5.69 Å². The van der Waals surface area contributed by atoms with Crippen LogP contribution in [-0.2, 0) is 4.79 Å². The number of benzene rings is 2. The van der Waals surface area contributed by atoms with Crippen LogP contribution in [0.1, 0.15) is 22.7 Å². The van der Waals surface area contributed by atoms with Crippen LogP contribution in [0.3, 0.4) is 0 Å². The Balaban J connectivity index is 1.91. The number of carboxylic acids is 1. The molecule has 0 amide bonds. The molecule has 0 radical (unpaired) electrons. The second kappa shape index (κ2) is 9.67. The molecule has 0 spiro atoms. The summed E-state index contributed by atoms with van der Waals surface area (Å²) in [5, 5.41) is 24.4. The van der Waals surface area contributed by atoms with Gasteiger partial charge in [0.15, 0.2) is 5.96 Å². The van der Waals surface area contributed by atoms with Crippen molar-refractivity contribution in [2.45, 2.75) is 6.04 Å². The molecule has 7 heteroatoms. The summed E-state index contributed by atoms with van der Waals surface area (Å²) in [5.74, 6) is -0.738. The molecule has 1 heterocycles. The Bertz CT molecular complexity index is 973. The number of nitriles is 1. The molecule has 0 aliphatic heterocycles. The second-order valence-corrected chi connectivity index (χ2v) is 6.15. The molecule has 3 N–H and O–H groups in total. The van der Waals surface area contributed by atoms with Crippen molar-refractivity contribution in [2.24, 2.45) is 4.99 Å². The number of aromatic nitrogens is 1. The monoisotopic (exact) mass is 385 g/mol. The first-order valence-electron chi connectivity index (χ1n) is 8.90. The number of aliphatic carboxylic acids is 1. The van der Waals surface area contributed by atoms with E-state index >= 15 is 0 Å². The summed E-state index contributed by atoms with van der Waals surface area (Å²) in [6.07, 6.45) is 3.45. The second-order valence-electron chi connectivity index (χ2n) is 6.15. The molecule has 0 saturated carbocycles. The molecule has 2 aromatic carbocycles. The lowest BCUT2D eigenvalue weighted by molar-refractivity contribution is -0.135. The van der Waals surface area contributed by atoms with E-state index < -0.39 is 5.97 Å². The molecule has 1 aromatic heterocycles. The van der Waals surface area contributed by atoms with E-state index in [1.807, 2.05) is 42.5 Å². The SMILES string of the molecule is N#Cc1ccc(NC(=NCC(=O)O)NC(c2ccccc2)c2cccnc2)cc1. The number of hydrogen-bond donors (Lipinski definition) is 3. The van der Waals surface area contributed by atoms with E-state index in [1.165, 1.54) is 0 Å². The maximum Gasteiger partial charge on any atom is 0.325 e. The molecule has 29 heavy (non-hydrogen) atoms. The van der Waals surface area contributed by atoms with Gasteiger partial charge in [-0.1, -0.05) is 36.4 Å². The van der Waals surface area contributed by atoms with Crippen molar-refractivity contribution < 1.29 is 9.90 Å². The van der Waals surface area contributed by atoms with E-state index in [0.717, 1.165) is 11.1 Å². The Kier molecular flexibility index (Phi) is 6.53. The topological polar surface area (TPSA) is 110 Å². The predicted molar refractivity (Wildman–Crippen MR) is 110 cm³/mol. The summed E-state index contributed by atoms with van der Waals surface area (Å²) in [7, 11) is 0. The minimum absolute atomic E-state index is 0.289. The first kappa shape index (κ1) is 19.6. The van der Waals surface area contributed by atoms with E-state index in [4.69, 9.17) is 10.4 Å². The Hall–Kier alpha value is -4.18. The zero-order valence-corrected chi connectivity index (χ0v) is 15.5. The maximum atomic E-state index is 11.1. The lowest BCUT2D eigenvalue weighted by Gasteiger charge is -2.22. The van der Waals surface area contributed by atoms with Crippen molar-refractivity contribution in [3.8, 4) is 6.07 Å². The summed E-state index contributed by atoms with van der Waals surface area (Å²) in [5.41, 5.74) is 3.09. The van der Waals surface area contributed by atoms with Crippen molar-refractivity contribution in [3.05, 3.63) is 95.8 Å². The van der Waals surface area contributed by atoms with Crippen molar-refractivity contribution in [2.75, 3.05) is 11.9 Å². The summed E-state index contributed by atoms with van der Waals surface area (Å²) >= 11 is 0. The molecule has 144 valence electrons. The number of pyridine rings is 1. The fourth-order valence-electron chi connectivity index (χ4n) is 2.72. The molecule has 0 saturated heterocycles. The number of nitrogens with one attached hydrogen (secondary N) is 2. The van der Waals surface area contributed by atoms with Gasteiger partial charge >= 0.3 is 5.97 Å². The minimum Gasteiger partial charge on any atom is -0.480 e. The fourth-order valence-corrected chi connectivity index (χ4v) is 2.72. The number of carbonyl (C=O) groups is 1. The van der Waals surface area contributed by atoms with Crippen molar-refractivity contribution in [3.63, 3.8) is 0 Å². The summed E-state index contributed by atoms with van der Waals surface area (Å²) in [6.45, 7) is -0.389. The third-order valence-corrected chi connectivity index (χ3v) is 4.08. The molecule has 1 atom stereocenters. The number of anilines is 1. The van der Waals surface area contributed by atoms with Gasteiger partial charge in [0, 0.05) is 18.1 Å². The van der Waals surface area contributed by atoms with Gasteiger partial charge in [0.1, 0.15) is 6.54 Å². The zero-order chi connectivity index (χ0) is 20.5. The largest absolute Gasteiger partial charge is 0.480 e. The highest BCUT2D eigenvalue weighted by atomic mass is 16.4. The van der Waals surface area contributed by atoms with Gasteiger partial charge in [0.25, 0.3) is 0 Å². The average molecular weight is 385 g/mol. The van der Waals surface area contributed by atoms with Gasteiger partial charge < -0.3 is 15.7 Å². The summed E-state index contributed by atoms with van der Waals surface area (Å²) in [4.78, 5) is 19.4. The molecule has 0 bridgehead atoms. The van der Waals surface area contributed by atoms with Gasteiger partial charge in [-0.15, -0.1) is 0 Å².